The van der Waals surface area contributed by atoms with E-state index >= 15 is 0 Å². The Morgan fingerprint density at radius 3 is 2.67 bits per heavy atom. The number of carbonyl (C=O) groups is 2. The molecular weight excluding hydrogens is 214 g/mol. The first-order valence-electron chi connectivity index (χ1n) is 4.92. The van der Waals surface area contributed by atoms with Crippen LogP contribution in [-0.4, -0.2) is 47.4 Å². The van der Waals surface area contributed by atoms with E-state index in [9.17, 15) is 9.59 Å². The zero-order valence-electron chi connectivity index (χ0n) is 8.81. The van der Waals surface area contributed by atoms with Crippen LogP contribution in [0.1, 0.15) is 12.8 Å². The number of hydrogen-bond acceptors (Lipinski definition) is 4. The van der Waals surface area contributed by atoms with Crippen LogP contribution in [0.25, 0.3) is 0 Å². The first-order chi connectivity index (χ1) is 7.07. The van der Waals surface area contributed by atoms with Gasteiger partial charge in [0, 0.05) is 6.54 Å². The van der Waals surface area contributed by atoms with E-state index in [-0.39, 0.29) is 5.91 Å². The quantitative estimate of drug-likeness (QED) is 0.645. The first kappa shape index (κ1) is 12.3. The van der Waals surface area contributed by atoms with E-state index in [1.807, 2.05) is 6.26 Å². The molecule has 0 aromatic rings. The van der Waals surface area contributed by atoms with Gasteiger partial charge in [0.2, 0.25) is 11.8 Å². The topological polar surface area (TPSA) is 89.4 Å². The second-order valence-electron chi connectivity index (χ2n) is 3.63. The Morgan fingerprint density at radius 2 is 2.27 bits per heavy atom. The molecule has 1 unspecified atom stereocenters. The Balaban J connectivity index is 2.43. The number of amides is 2. The van der Waals surface area contributed by atoms with Crippen LogP contribution in [0.3, 0.4) is 0 Å². The Hall–Kier alpha value is -0.750. The molecule has 4 N–H and O–H groups in total. The van der Waals surface area contributed by atoms with E-state index in [0.717, 1.165) is 5.75 Å². The molecule has 1 aliphatic heterocycles. The fourth-order valence-electron chi connectivity index (χ4n) is 1.53. The van der Waals surface area contributed by atoms with Gasteiger partial charge in [-0.15, -0.1) is 0 Å². The number of hydrogen-bond donors (Lipinski definition) is 2. The lowest BCUT2D eigenvalue weighted by Crippen LogP contribution is -2.60. The molecule has 0 aromatic heterocycles. The maximum absolute atomic E-state index is 11.7. The number of rotatable bonds is 5. The minimum atomic E-state index is -0.500. The van der Waals surface area contributed by atoms with Crippen LogP contribution in [0.15, 0.2) is 0 Å². The third kappa shape index (κ3) is 2.85. The summed E-state index contributed by atoms with van der Waals surface area (Å²) in [6.07, 6.45) is 3.27. The van der Waals surface area contributed by atoms with Crippen molar-refractivity contribution in [2.24, 2.45) is 11.5 Å². The fraction of sp³-hybridized carbons (Fsp3) is 0.778. The van der Waals surface area contributed by atoms with Crippen molar-refractivity contribution in [3.63, 3.8) is 0 Å². The fourth-order valence-corrected chi connectivity index (χ4v) is 2.02. The van der Waals surface area contributed by atoms with E-state index in [1.54, 1.807) is 11.8 Å². The molecule has 0 radical (unpaired) electrons. The van der Waals surface area contributed by atoms with Gasteiger partial charge in [-0.25, -0.2) is 0 Å². The van der Waals surface area contributed by atoms with Gasteiger partial charge in [0.05, 0.1) is 6.04 Å². The van der Waals surface area contributed by atoms with Crippen LogP contribution in [-0.2, 0) is 9.59 Å². The van der Waals surface area contributed by atoms with Crippen LogP contribution in [0.2, 0.25) is 0 Å². The standard InChI is InChI=1S/C9H17N3O2S/c1-15-5-3-6(10)9(14)12-4-2-7(12)8(11)13/h6-7H,2-5,10H2,1H3,(H2,11,13)/t6-,7?/m1/s1. The van der Waals surface area contributed by atoms with Gasteiger partial charge in [0.15, 0.2) is 0 Å². The summed E-state index contributed by atoms with van der Waals surface area (Å²) in [6, 6.07) is -0.933. The number of likely N-dealkylation sites (tertiary alicyclic amines) is 1. The molecule has 1 aliphatic rings. The molecular formula is C9H17N3O2S. The van der Waals surface area contributed by atoms with Gasteiger partial charge in [-0.3, -0.25) is 9.59 Å². The van der Waals surface area contributed by atoms with E-state index in [0.29, 0.717) is 19.4 Å². The van der Waals surface area contributed by atoms with Gasteiger partial charge in [-0.2, -0.15) is 11.8 Å². The van der Waals surface area contributed by atoms with Crippen molar-refractivity contribution in [3.8, 4) is 0 Å². The molecule has 0 saturated carbocycles. The van der Waals surface area contributed by atoms with E-state index in [4.69, 9.17) is 11.5 Å². The molecule has 0 aromatic carbocycles. The summed E-state index contributed by atoms with van der Waals surface area (Å²) in [4.78, 5) is 24.1. The average molecular weight is 231 g/mol. The summed E-state index contributed by atoms with van der Waals surface area (Å²) < 4.78 is 0. The molecule has 86 valence electrons. The smallest absolute Gasteiger partial charge is 0.240 e. The SMILES string of the molecule is CSCC[C@@H](N)C(=O)N1CCC1C(N)=O. The third-order valence-electron chi connectivity index (χ3n) is 2.58. The molecule has 5 nitrogen and oxygen atoms in total. The lowest BCUT2D eigenvalue weighted by atomic mass is 10.0. The van der Waals surface area contributed by atoms with Crippen molar-refractivity contribution in [2.75, 3.05) is 18.6 Å². The predicted molar refractivity (Wildman–Crippen MR) is 60.3 cm³/mol. The Labute approximate surface area is 93.5 Å². The number of carbonyl (C=O) groups excluding carboxylic acids is 2. The molecule has 0 aliphatic carbocycles. The van der Waals surface area contributed by atoms with Crippen molar-refractivity contribution >= 4 is 23.6 Å². The Morgan fingerprint density at radius 1 is 1.60 bits per heavy atom. The van der Waals surface area contributed by atoms with Gasteiger partial charge in [-0.05, 0) is 24.9 Å². The Bertz CT molecular complexity index is 260. The van der Waals surface area contributed by atoms with Gasteiger partial charge in [-0.1, -0.05) is 0 Å². The van der Waals surface area contributed by atoms with Gasteiger partial charge in [0.1, 0.15) is 6.04 Å². The molecule has 0 spiro atoms. The van der Waals surface area contributed by atoms with Crippen molar-refractivity contribution in [1.29, 1.82) is 0 Å². The summed E-state index contributed by atoms with van der Waals surface area (Å²) in [5, 5.41) is 0. The average Bonchev–Trinajstić information content (AvgIpc) is 2.11. The molecule has 2 amide bonds. The van der Waals surface area contributed by atoms with Crippen LogP contribution in [0.5, 0.6) is 0 Å². The zero-order chi connectivity index (χ0) is 11.4. The zero-order valence-corrected chi connectivity index (χ0v) is 9.63. The van der Waals surface area contributed by atoms with Crippen LogP contribution in [0, 0.1) is 0 Å². The van der Waals surface area contributed by atoms with E-state index in [2.05, 4.69) is 0 Å². The monoisotopic (exact) mass is 231 g/mol. The second-order valence-corrected chi connectivity index (χ2v) is 4.61. The van der Waals surface area contributed by atoms with Crippen LogP contribution < -0.4 is 11.5 Å². The van der Waals surface area contributed by atoms with Crippen molar-refractivity contribution in [3.05, 3.63) is 0 Å². The minimum absolute atomic E-state index is 0.154. The molecule has 1 rings (SSSR count). The summed E-state index contributed by atoms with van der Waals surface area (Å²) in [5.74, 6) is 0.257. The maximum atomic E-state index is 11.7. The molecule has 1 fully saturated rings. The summed E-state index contributed by atoms with van der Waals surface area (Å²) >= 11 is 1.65. The highest BCUT2D eigenvalue weighted by molar-refractivity contribution is 7.98. The lowest BCUT2D eigenvalue weighted by molar-refractivity contribution is -0.147. The number of primary amides is 1. The van der Waals surface area contributed by atoms with Gasteiger partial charge < -0.3 is 16.4 Å². The highest BCUT2D eigenvalue weighted by Gasteiger charge is 2.37. The van der Waals surface area contributed by atoms with Crippen LogP contribution >= 0.6 is 11.8 Å². The van der Waals surface area contributed by atoms with E-state index < -0.39 is 18.0 Å². The number of nitrogens with two attached hydrogens (primary N) is 2. The number of thioether (sulfide) groups is 1. The lowest BCUT2D eigenvalue weighted by Gasteiger charge is -2.40. The van der Waals surface area contributed by atoms with Crippen LogP contribution in [0.4, 0.5) is 0 Å². The maximum Gasteiger partial charge on any atom is 0.240 e. The highest BCUT2D eigenvalue weighted by atomic mass is 32.2. The second kappa shape index (κ2) is 5.37. The summed E-state index contributed by atoms with van der Waals surface area (Å²) in [6.45, 7) is 0.597. The normalized spacial score (nSPS) is 22.0. The van der Waals surface area contributed by atoms with Crippen molar-refractivity contribution in [2.45, 2.75) is 24.9 Å². The molecule has 1 heterocycles. The predicted octanol–water partition coefficient (Wildman–Crippen LogP) is -0.847. The molecule has 2 atom stereocenters. The van der Waals surface area contributed by atoms with Gasteiger partial charge in [0.25, 0.3) is 0 Å². The van der Waals surface area contributed by atoms with Gasteiger partial charge >= 0.3 is 0 Å². The largest absolute Gasteiger partial charge is 0.368 e. The van der Waals surface area contributed by atoms with Crippen molar-refractivity contribution < 1.29 is 9.59 Å². The summed E-state index contributed by atoms with van der Waals surface area (Å²) in [5.41, 5.74) is 10.9. The van der Waals surface area contributed by atoms with E-state index in [1.165, 1.54) is 4.90 Å². The minimum Gasteiger partial charge on any atom is -0.368 e. The molecule has 6 heteroatoms. The van der Waals surface area contributed by atoms with Crippen molar-refractivity contribution in [1.82, 2.24) is 4.90 Å². The molecule has 1 saturated heterocycles. The Kier molecular flexibility index (Phi) is 4.41. The molecule has 0 bridgehead atoms. The highest BCUT2D eigenvalue weighted by Crippen LogP contribution is 2.18. The molecule has 15 heavy (non-hydrogen) atoms. The third-order valence-corrected chi connectivity index (χ3v) is 3.23. The number of nitrogens with zero attached hydrogens (tertiary/aromatic N) is 1. The first-order valence-corrected chi connectivity index (χ1v) is 6.31. The summed E-state index contributed by atoms with van der Waals surface area (Å²) in [7, 11) is 0.